The van der Waals surface area contributed by atoms with Gasteiger partial charge in [0.1, 0.15) is 6.61 Å². The van der Waals surface area contributed by atoms with Crippen molar-refractivity contribution >= 4 is 23.6 Å². The number of anilines is 1. The number of hydrogen-bond donors (Lipinski definition) is 1. The molecule has 0 aromatic heterocycles. The number of H-pyrrole nitrogens is 1. The Morgan fingerprint density at radius 2 is 2.43 bits per heavy atom. The summed E-state index contributed by atoms with van der Waals surface area (Å²) in [5.74, 6) is 0.903. The van der Waals surface area contributed by atoms with Crippen LogP contribution in [0, 0.1) is 0 Å². The number of nitrogens with zero attached hydrogens (tertiary/aromatic N) is 4. The highest BCUT2D eigenvalue weighted by molar-refractivity contribution is 7.09. The van der Waals surface area contributed by atoms with Gasteiger partial charge in [0.05, 0.1) is 6.54 Å². The second-order valence-corrected chi connectivity index (χ2v) is 3.50. The number of fused-ring (bicyclic) bond motifs is 1. The van der Waals surface area contributed by atoms with Gasteiger partial charge in [-0.15, -0.1) is 5.10 Å². The summed E-state index contributed by atoms with van der Waals surface area (Å²) in [7, 11) is 0. The largest absolute Gasteiger partial charge is 0.447 e. The van der Waals surface area contributed by atoms with Gasteiger partial charge in [-0.05, 0) is 11.5 Å². The van der Waals surface area contributed by atoms with Crippen LogP contribution in [0.5, 0.6) is 0 Å². The smallest absolute Gasteiger partial charge is 0.416 e. The van der Waals surface area contributed by atoms with Crippen LogP contribution in [-0.4, -0.2) is 38.8 Å². The lowest BCUT2D eigenvalue weighted by Gasteiger charge is -2.05. The van der Waals surface area contributed by atoms with Crippen LogP contribution in [0.3, 0.4) is 0 Å². The highest BCUT2D eigenvalue weighted by Gasteiger charge is 2.28. The van der Waals surface area contributed by atoms with Crippen LogP contribution in [0.25, 0.3) is 10.8 Å². The number of imidazole rings is 1. The van der Waals surface area contributed by atoms with Crippen molar-refractivity contribution in [1.29, 1.82) is 0 Å². The molecule has 0 bridgehead atoms. The van der Waals surface area contributed by atoms with Gasteiger partial charge in [-0.1, -0.05) is 0 Å². The van der Waals surface area contributed by atoms with Crippen LogP contribution in [-0.2, 0) is 4.74 Å². The van der Waals surface area contributed by atoms with E-state index < -0.39 is 6.09 Å². The van der Waals surface area contributed by atoms with Gasteiger partial charge in [0.15, 0.2) is 5.01 Å². The Bertz CT molecular complexity index is 426. The van der Waals surface area contributed by atoms with Crippen LogP contribution >= 0.6 is 11.5 Å². The summed E-state index contributed by atoms with van der Waals surface area (Å²) in [6.45, 7) is 0.889. The zero-order valence-electron chi connectivity index (χ0n) is 6.93. The van der Waals surface area contributed by atoms with Crippen molar-refractivity contribution < 1.29 is 9.53 Å². The molecular weight excluding hydrogens is 206 g/mol. The van der Waals surface area contributed by atoms with E-state index in [-0.39, 0.29) is 0 Å². The first kappa shape index (κ1) is 7.68. The van der Waals surface area contributed by atoms with E-state index in [1.54, 1.807) is 0 Å². The minimum atomic E-state index is -0.397. The van der Waals surface area contributed by atoms with Crippen molar-refractivity contribution in [2.45, 2.75) is 0 Å². The molecular formula is C6H5N5O2S. The monoisotopic (exact) mass is 211 g/mol. The lowest BCUT2D eigenvalue weighted by atomic mass is 10.6. The molecule has 0 aromatic rings. The fourth-order valence-corrected chi connectivity index (χ4v) is 1.78. The molecule has 1 N–H and O–H groups in total. The quantitative estimate of drug-likeness (QED) is 0.734. The lowest BCUT2D eigenvalue weighted by Crippen LogP contribution is -2.24. The predicted octanol–water partition coefficient (Wildman–Crippen LogP) is 0.323. The molecule has 0 atom stereocenters. The molecule has 14 heavy (non-hydrogen) atoms. The summed E-state index contributed by atoms with van der Waals surface area (Å²) in [6, 6.07) is 0. The van der Waals surface area contributed by atoms with Crippen LogP contribution < -0.4 is 4.90 Å². The molecule has 8 heteroatoms. The van der Waals surface area contributed by atoms with Gasteiger partial charge >= 0.3 is 6.09 Å². The van der Waals surface area contributed by atoms with Crippen molar-refractivity contribution in [3.8, 4) is 10.8 Å². The van der Waals surface area contributed by atoms with E-state index in [1.807, 2.05) is 0 Å². The Kier molecular flexibility index (Phi) is 1.45. The van der Waals surface area contributed by atoms with Gasteiger partial charge in [-0.3, -0.25) is 0 Å². The number of carbonyl (C=O) groups excluding carboxylic acids is 1. The van der Waals surface area contributed by atoms with Crippen molar-refractivity contribution in [2.75, 3.05) is 18.1 Å². The minimum absolute atomic E-state index is 0.371. The predicted molar refractivity (Wildman–Crippen MR) is 47.4 cm³/mol. The van der Waals surface area contributed by atoms with Crippen LogP contribution in [0.1, 0.15) is 0 Å². The minimum Gasteiger partial charge on any atom is -0.447 e. The zero-order valence-corrected chi connectivity index (χ0v) is 7.74. The molecule has 1 fully saturated rings. The number of amides is 1. The van der Waals surface area contributed by atoms with Crippen molar-refractivity contribution in [2.24, 2.45) is 0 Å². The van der Waals surface area contributed by atoms with E-state index >= 15 is 0 Å². The first-order valence-electron chi connectivity index (χ1n) is 3.96. The summed E-state index contributed by atoms with van der Waals surface area (Å²) in [6.07, 6.45) is -0.397. The molecule has 3 rings (SSSR count). The molecule has 7 nitrogen and oxygen atoms in total. The molecule has 1 saturated heterocycles. The van der Waals surface area contributed by atoms with Gasteiger partial charge < -0.3 is 4.74 Å². The SMILES string of the molecule is O=C1OCCN1c1nc2n[nH]sc-2n1. The maximum atomic E-state index is 11.2. The molecule has 3 heterocycles. The van der Waals surface area contributed by atoms with Gasteiger partial charge in [-0.25, -0.2) is 14.2 Å². The van der Waals surface area contributed by atoms with Crippen LogP contribution in [0.2, 0.25) is 0 Å². The lowest BCUT2D eigenvalue weighted by molar-refractivity contribution is 0.181. The maximum Gasteiger partial charge on any atom is 0.416 e. The fraction of sp³-hybridized carbons (Fsp3) is 0.333. The molecule has 1 amide bonds. The molecule has 0 radical (unpaired) electrons. The average molecular weight is 211 g/mol. The number of rotatable bonds is 1. The third-order valence-electron chi connectivity index (χ3n) is 1.89. The first-order valence-corrected chi connectivity index (χ1v) is 4.78. The Labute approximate surface area is 82.2 Å². The molecule has 3 aliphatic heterocycles. The second kappa shape index (κ2) is 2.64. The van der Waals surface area contributed by atoms with E-state index in [0.29, 0.717) is 29.9 Å². The van der Waals surface area contributed by atoms with E-state index in [4.69, 9.17) is 4.74 Å². The third kappa shape index (κ3) is 0.970. The van der Waals surface area contributed by atoms with E-state index in [0.717, 1.165) is 0 Å². The van der Waals surface area contributed by atoms with Crippen molar-refractivity contribution in [3.05, 3.63) is 0 Å². The van der Waals surface area contributed by atoms with Crippen LogP contribution in [0.4, 0.5) is 10.7 Å². The Morgan fingerprint density at radius 3 is 3.14 bits per heavy atom. The number of aromatic nitrogens is 4. The number of nitrogens with one attached hydrogen (secondary N) is 1. The van der Waals surface area contributed by atoms with Gasteiger partial charge in [0, 0.05) is 0 Å². The Morgan fingerprint density at radius 1 is 1.50 bits per heavy atom. The van der Waals surface area contributed by atoms with Gasteiger partial charge in [-0.2, -0.15) is 9.97 Å². The molecule has 0 spiro atoms. The number of cyclic esters (lactones) is 1. The molecule has 3 aliphatic rings. The molecule has 0 aromatic carbocycles. The first-order chi connectivity index (χ1) is 6.84. The number of hydrogen-bond acceptors (Lipinski definition) is 6. The number of aromatic amines is 1. The average Bonchev–Trinajstić information content (AvgIpc) is 2.75. The number of ether oxygens (including phenoxy) is 1. The molecule has 72 valence electrons. The van der Waals surface area contributed by atoms with Crippen molar-refractivity contribution in [1.82, 2.24) is 19.6 Å². The summed E-state index contributed by atoms with van der Waals surface area (Å²) in [5, 5.41) is 4.57. The second-order valence-electron chi connectivity index (χ2n) is 2.72. The maximum absolute atomic E-state index is 11.2. The fourth-order valence-electron chi connectivity index (χ4n) is 1.25. The van der Waals surface area contributed by atoms with Crippen molar-refractivity contribution in [3.63, 3.8) is 0 Å². The Balaban J connectivity index is 2.02. The summed E-state index contributed by atoms with van der Waals surface area (Å²) in [4.78, 5) is 20.8. The zero-order chi connectivity index (χ0) is 9.54. The van der Waals surface area contributed by atoms with Crippen LogP contribution in [0.15, 0.2) is 0 Å². The Hall–Kier alpha value is -1.70. The normalized spacial score (nSPS) is 16.6. The highest BCUT2D eigenvalue weighted by Crippen LogP contribution is 2.25. The van der Waals surface area contributed by atoms with E-state index in [9.17, 15) is 4.79 Å². The topological polar surface area (TPSA) is 84.0 Å². The highest BCUT2D eigenvalue weighted by atomic mass is 32.1. The summed E-state index contributed by atoms with van der Waals surface area (Å²) < 4.78 is 7.45. The summed E-state index contributed by atoms with van der Waals surface area (Å²) in [5.41, 5.74) is 0. The summed E-state index contributed by atoms with van der Waals surface area (Å²) >= 11 is 1.28. The van der Waals surface area contributed by atoms with Gasteiger partial charge in [0.2, 0.25) is 11.8 Å². The van der Waals surface area contributed by atoms with Gasteiger partial charge in [0.25, 0.3) is 0 Å². The number of carbonyl (C=O) groups is 1. The van der Waals surface area contributed by atoms with E-state index in [1.165, 1.54) is 16.4 Å². The molecule has 0 aliphatic carbocycles. The standard InChI is InChI=1S/C6H5N5O2S/c12-6-11(1-2-13-6)5-7-3-4(8-5)14-10-9-3/h10H,1-2H2. The van der Waals surface area contributed by atoms with E-state index in [2.05, 4.69) is 19.6 Å². The molecule has 0 saturated carbocycles. The third-order valence-corrected chi connectivity index (χ3v) is 2.54. The molecule has 0 unspecified atom stereocenters.